The molecular weight excluding hydrogens is 512 g/mol. The zero-order valence-corrected chi connectivity index (χ0v) is 23.7. The van der Waals surface area contributed by atoms with Gasteiger partial charge in [-0.15, -0.1) is 12.4 Å². The van der Waals surface area contributed by atoms with Crippen LogP contribution in [0.1, 0.15) is 35.2 Å². The molecule has 1 atom stereocenters. The topological polar surface area (TPSA) is 78.9 Å². The summed E-state index contributed by atoms with van der Waals surface area (Å²) in [5, 5.41) is 0. The van der Waals surface area contributed by atoms with Crippen molar-refractivity contribution in [2.75, 3.05) is 68.3 Å². The molecule has 2 aliphatic heterocycles. The third-order valence-corrected chi connectivity index (χ3v) is 7.17. The number of amides is 1. The van der Waals surface area contributed by atoms with E-state index >= 15 is 0 Å². The monoisotopic (exact) mass is 550 g/mol. The van der Waals surface area contributed by atoms with E-state index in [0.717, 1.165) is 63.0 Å². The van der Waals surface area contributed by atoms with Crippen molar-refractivity contribution in [2.45, 2.75) is 31.7 Å². The highest BCUT2D eigenvalue weighted by atomic mass is 35.5. The molecule has 1 saturated heterocycles. The number of ether oxygens (including phenoxy) is 6. The first-order chi connectivity index (χ1) is 18.0. The average molecular weight is 551 g/mol. The minimum absolute atomic E-state index is 0. The molecule has 0 radical (unpaired) electrons. The molecule has 2 aromatic carbocycles. The normalized spacial score (nSPS) is 17.2. The molecule has 0 N–H and O–H groups in total. The van der Waals surface area contributed by atoms with E-state index < -0.39 is 0 Å². The van der Waals surface area contributed by atoms with Crippen LogP contribution in [0.2, 0.25) is 0 Å². The zero-order chi connectivity index (χ0) is 26.4. The number of fused-ring (bicyclic) bond motifs is 1. The van der Waals surface area contributed by atoms with E-state index in [1.807, 2.05) is 29.2 Å². The number of hydrogen-bond donors (Lipinski definition) is 0. The van der Waals surface area contributed by atoms with Gasteiger partial charge in [-0.05, 0) is 49.9 Å². The molecule has 2 aliphatic rings. The SMILES string of the molecule is COc1cc2c(cc1OC)C(=O)N(C1CCCN(CCCOc3cc(OC)c(OC)c(OC)c3)C1)CC2.Cl. The van der Waals surface area contributed by atoms with E-state index in [9.17, 15) is 4.79 Å². The van der Waals surface area contributed by atoms with Crippen molar-refractivity contribution in [2.24, 2.45) is 0 Å². The van der Waals surface area contributed by atoms with Gasteiger partial charge in [-0.3, -0.25) is 4.79 Å². The van der Waals surface area contributed by atoms with Crippen molar-refractivity contribution in [3.63, 3.8) is 0 Å². The Bertz CT molecular complexity index is 1070. The largest absolute Gasteiger partial charge is 0.493 e. The molecule has 210 valence electrons. The number of benzene rings is 2. The molecule has 0 bridgehead atoms. The van der Waals surface area contributed by atoms with Crippen molar-refractivity contribution in [3.05, 3.63) is 35.4 Å². The van der Waals surface area contributed by atoms with Crippen LogP contribution in [0, 0.1) is 0 Å². The Kier molecular flexibility index (Phi) is 10.6. The summed E-state index contributed by atoms with van der Waals surface area (Å²) in [5.41, 5.74) is 1.75. The fourth-order valence-corrected chi connectivity index (χ4v) is 5.28. The molecule has 0 saturated carbocycles. The number of hydrogen-bond acceptors (Lipinski definition) is 8. The molecule has 0 aromatic heterocycles. The van der Waals surface area contributed by atoms with Gasteiger partial charge in [0, 0.05) is 43.4 Å². The van der Waals surface area contributed by atoms with E-state index in [2.05, 4.69) is 4.90 Å². The lowest BCUT2D eigenvalue weighted by Crippen LogP contribution is -2.52. The maximum Gasteiger partial charge on any atom is 0.254 e. The quantitative estimate of drug-likeness (QED) is 0.387. The fraction of sp³-hybridized carbons (Fsp3) is 0.536. The highest BCUT2D eigenvalue weighted by molar-refractivity contribution is 5.97. The lowest BCUT2D eigenvalue weighted by molar-refractivity contribution is 0.0517. The molecule has 2 aromatic rings. The predicted molar refractivity (Wildman–Crippen MR) is 147 cm³/mol. The first kappa shape index (κ1) is 29.5. The van der Waals surface area contributed by atoms with E-state index in [4.69, 9.17) is 28.4 Å². The Morgan fingerprint density at radius 2 is 1.50 bits per heavy atom. The number of rotatable bonds is 11. The summed E-state index contributed by atoms with van der Waals surface area (Å²) >= 11 is 0. The van der Waals surface area contributed by atoms with Gasteiger partial charge in [0.15, 0.2) is 23.0 Å². The van der Waals surface area contributed by atoms with Crippen LogP contribution in [0.25, 0.3) is 0 Å². The lowest BCUT2D eigenvalue weighted by atomic mass is 9.94. The Labute approximate surface area is 231 Å². The minimum atomic E-state index is 0. The molecular formula is C28H39ClN2O7. The van der Waals surface area contributed by atoms with Crippen LogP contribution in [0.5, 0.6) is 34.5 Å². The molecule has 0 aliphatic carbocycles. The third-order valence-electron chi connectivity index (χ3n) is 7.17. The second kappa shape index (κ2) is 13.7. The first-order valence-corrected chi connectivity index (χ1v) is 12.7. The summed E-state index contributed by atoms with van der Waals surface area (Å²) < 4.78 is 33.0. The van der Waals surface area contributed by atoms with Gasteiger partial charge >= 0.3 is 0 Å². The number of likely N-dealkylation sites (tertiary alicyclic amines) is 1. The smallest absolute Gasteiger partial charge is 0.254 e. The summed E-state index contributed by atoms with van der Waals surface area (Å²) in [6.45, 7) is 4.11. The first-order valence-electron chi connectivity index (χ1n) is 12.7. The van der Waals surface area contributed by atoms with Crippen LogP contribution in [-0.2, 0) is 6.42 Å². The molecule has 1 amide bonds. The standard InChI is InChI=1S/C28H38N2O7.ClH/c1-32-23-14-19-9-12-30(28(31)22(19)17-24(23)33-2)20-8-6-10-29(18-20)11-7-13-37-21-15-25(34-3)27(36-5)26(16-21)35-4;/h14-17,20H,6-13,18H2,1-5H3;1H. The molecule has 0 spiro atoms. The average Bonchev–Trinajstić information content (AvgIpc) is 2.94. The highest BCUT2D eigenvalue weighted by Gasteiger charge is 2.33. The van der Waals surface area contributed by atoms with Crippen molar-refractivity contribution < 1.29 is 33.2 Å². The van der Waals surface area contributed by atoms with Crippen molar-refractivity contribution >= 4 is 18.3 Å². The van der Waals surface area contributed by atoms with Crippen LogP contribution < -0.4 is 28.4 Å². The van der Waals surface area contributed by atoms with Crippen molar-refractivity contribution in [1.29, 1.82) is 0 Å². The molecule has 1 unspecified atom stereocenters. The number of halogens is 1. The lowest BCUT2D eigenvalue weighted by Gasteiger charge is -2.41. The second-order valence-corrected chi connectivity index (χ2v) is 9.27. The van der Waals surface area contributed by atoms with Crippen molar-refractivity contribution in [1.82, 2.24) is 9.80 Å². The van der Waals surface area contributed by atoms with Gasteiger partial charge in [-0.2, -0.15) is 0 Å². The molecule has 1 fully saturated rings. The van der Waals surface area contributed by atoms with Gasteiger partial charge in [0.25, 0.3) is 5.91 Å². The van der Waals surface area contributed by atoms with Crippen LogP contribution in [0.3, 0.4) is 0 Å². The number of methoxy groups -OCH3 is 5. The van der Waals surface area contributed by atoms with Gasteiger partial charge in [-0.25, -0.2) is 0 Å². The Morgan fingerprint density at radius 3 is 2.13 bits per heavy atom. The summed E-state index contributed by atoms with van der Waals surface area (Å²) in [5.74, 6) is 3.70. The number of nitrogens with zero attached hydrogens (tertiary/aromatic N) is 2. The van der Waals surface area contributed by atoms with Gasteiger partial charge in [0.05, 0.1) is 42.2 Å². The van der Waals surface area contributed by atoms with Gasteiger partial charge in [0.1, 0.15) is 5.75 Å². The minimum Gasteiger partial charge on any atom is -0.493 e. The molecule has 9 nitrogen and oxygen atoms in total. The highest BCUT2D eigenvalue weighted by Crippen LogP contribution is 2.41. The summed E-state index contributed by atoms with van der Waals surface area (Å²) in [6, 6.07) is 7.58. The van der Waals surface area contributed by atoms with Gasteiger partial charge in [-0.1, -0.05) is 0 Å². The Balaban J connectivity index is 0.00000400. The van der Waals surface area contributed by atoms with E-state index in [1.165, 1.54) is 0 Å². The Hall–Kier alpha value is -3.04. The molecule has 10 heteroatoms. The predicted octanol–water partition coefficient (Wildman–Crippen LogP) is 4.08. The maximum absolute atomic E-state index is 13.4. The number of carbonyl (C=O) groups is 1. The third kappa shape index (κ3) is 6.32. The fourth-order valence-electron chi connectivity index (χ4n) is 5.28. The van der Waals surface area contributed by atoms with E-state index in [0.29, 0.717) is 41.1 Å². The van der Waals surface area contributed by atoms with Crippen molar-refractivity contribution in [3.8, 4) is 34.5 Å². The van der Waals surface area contributed by atoms with E-state index in [-0.39, 0.29) is 24.4 Å². The number of piperidine rings is 1. The van der Waals surface area contributed by atoms with Gasteiger partial charge < -0.3 is 38.2 Å². The summed E-state index contributed by atoms with van der Waals surface area (Å²) in [4.78, 5) is 17.9. The maximum atomic E-state index is 13.4. The Morgan fingerprint density at radius 1 is 0.842 bits per heavy atom. The second-order valence-electron chi connectivity index (χ2n) is 9.27. The summed E-state index contributed by atoms with van der Waals surface area (Å²) in [6.07, 6.45) is 3.78. The van der Waals surface area contributed by atoms with Crippen LogP contribution >= 0.6 is 12.4 Å². The van der Waals surface area contributed by atoms with Crippen LogP contribution in [0.15, 0.2) is 24.3 Å². The number of carbonyl (C=O) groups excluding carboxylic acids is 1. The zero-order valence-electron chi connectivity index (χ0n) is 22.9. The summed E-state index contributed by atoms with van der Waals surface area (Å²) in [7, 11) is 7.98. The molecule has 4 rings (SSSR count). The van der Waals surface area contributed by atoms with Gasteiger partial charge in [0.2, 0.25) is 5.75 Å². The van der Waals surface area contributed by atoms with Crippen LogP contribution in [0.4, 0.5) is 0 Å². The molecule has 2 heterocycles. The molecule has 38 heavy (non-hydrogen) atoms. The van der Waals surface area contributed by atoms with Crippen LogP contribution in [-0.4, -0.2) is 90.1 Å². The van der Waals surface area contributed by atoms with E-state index in [1.54, 1.807) is 35.5 Å².